The van der Waals surface area contributed by atoms with E-state index in [-0.39, 0.29) is 48.8 Å². The van der Waals surface area contributed by atoms with Crippen LogP contribution in [0.2, 0.25) is 5.02 Å². The van der Waals surface area contributed by atoms with Crippen molar-refractivity contribution >= 4 is 39.1 Å². The maximum Gasteiger partial charge on any atom is 0.243 e. The third kappa shape index (κ3) is 9.32. The Bertz CT molecular complexity index is 1220. The van der Waals surface area contributed by atoms with E-state index in [0.29, 0.717) is 23.6 Å². The zero-order chi connectivity index (χ0) is 29.2. The minimum Gasteiger partial charge on any atom is -0.497 e. The first-order chi connectivity index (χ1) is 18.4. The highest BCUT2D eigenvalue weighted by molar-refractivity contribution is 7.92. The number of nitrogens with zero attached hydrogens (tertiary/aromatic N) is 2. The Balaban J connectivity index is 2.27. The highest BCUT2D eigenvalue weighted by atomic mass is 35.5. The van der Waals surface area contributed by atoms with Crippen LogP contribution in [0, 0.1) is 0 Å². The minimum absolute atomic E-state index is 0.0278. The second kappa shape index (κ2) is 15.0. The first kappa shape index (κ1) is 32.2. The van der Waals surface area contributed by atoms with Crippen LogP contribution in [0.1, 0.15) is 52.0 Å². The molecule has 0 fully saturated rings. The number of carbonyl (C=O) groups excluding carboxylic acids is 2. The summed E-state index contributed by atoms with van der Waals surface area (Å²) in [4.78, 5) is 28.3. The smallest absolute Gasteiger partial charge is 0.243 e. The lowest BCUT2D eigenvalue weighted by Crippen LogP contribution is -2.50. The Hall–Kier alpha value is -2.98. The molecular weight excluding hydrogens is 542 g/mol. The van der Waals surface area contributed by atoms with Crippen molar-refractivity contribution in [3.05, 3.63) is 53.1 Å². The highest BCUT2D eigenvalue weighted by Crippen LogP contribution is 2.30. The van der Waals surface area contributed by atoms with Gasteiger partial charge in [-0.3, -0.25) is 13.9 Å². The van der Waals surface area contributed by atoms with Gasteiger partial charge in [0.2, 0.25) is 21.8 Å². The van der Waals surface area contributed by atoms with Crippen molar-refractivity contribution < 1.29 is 27.5 Å². The predicted octanol–water partition coefficient (Wildman–Crippen LogP) is 4.63. The Morgan fingerprint density at radius 2 is 1.77 bits per heavy atom. The van der Waals surface area contributed by atoms with E-state index in [2.05, 4.69) is 5.32 Å². The Morgan fingerprint density at radius 3 is 2.33 bits per heavy atom. The van der Waals surface area contributed by atoms with Gasteiger partial charge in [-0.2, -0.15) is 0 Å². The number of methoxy groups -OCH3 is 2. The van der Waals surface area contributed by atoms with Gasteiger partial charge in [-0.05, 0) is 62.1 Å². The van der Waals surface area contributed by atoms with Crippen LogP contribution in [-0.4, -0.2) is 64.2 Å². The molecular formula is C28H40ClN3O6S. The van der Waals surface area contributed by atoms with Crippen LogP contribution in [0.5, 0.6) is 11.5 Å². The molecule has 0 aliphatic rings. The second-order valence-corrected chi connectivity index (χ2v) is 11.7. The number of anilines is 1. The quantitative estimate of drug-likeness (QED) is 0.329. The molecule has 0 radical (unpaired) electrons. The zero-order valence-electron chi connectivity index (χ0n) is 23.6. The summed E-state index contributed by atoms with van der Waals surface area (Å²) in [5, 5.41) is 3.27. The molecule has 2 amide bonds. The zero-order valence-corrected chi connectivity index (χ0v) is 25.1. The summed E-state index contributed by atoms with van der Waals surface area (Å²) in [7, 11) is -0.602. The fraction of sp³-hybridized carbons (Fsp3) is 0.500. The van der Waals surface area contributed by atoms with Crippen LogP contribution in [-0.2, 0) is 26.2 Å². The largest absolute Gasteiger partial charge is 0.497 e. The van der Waals surface area contributed by atoms with Gasteiger partial charge >= 0.3 is 0 Å². The first-order valence-corrected chi connectivity index (χ1v) is 15.2. The van der Waals surface area contributed by atoms with Crippen molar-refractivity contribution in [2.45, 2.75) is 65.1 Å². The Morgan fingerprint density at radius 1 is 1.05 bits per heavy atom. The van der Waals surface area contributed by atoms with Crippen molar-refractivity contribution in [2.24, 2.45) is 0 Å². The van der Waals surface area contributed by atoms with Crippen LogP contribution in [0.15, 0.2) is 42.5 Å². The predicted molar refractivity (Wildman–Crippen MR) is 155 cm³/mol. The van der Waals surface area contributed by atoms with Gasteiger partial charge in [0, 0.05) is 25.6 Å². The molecule has 2 aromatic carbocycles. The van der Waals surface area contributed by atoms with Crippen LogP contribution in [0.3, 0.4) is 0 Å². The Kier molecular flexibility index (Phi) is 12.4. The van der Waals surface area contributed by atoms with E-state index in [9.17, 15) is 18.0 Å². The second-order valence-electron chi connectivity index (χ2n) is 9.37. The summed E-state index contributed by atoms with van der Waals surface area (Å²) in [6, 6.07) is 11.4. The van der Waals surface area contributed by atoms with Gasteiger partial charge in [0.1, 0.15) is 17.5 Å². The van der Waals surface area contributed by atoms with Gasteiger partial charge in [-0.15, -0.1) is 0 Å². The third-order valence-electron chi connectivity index (χ3n) is 6.45. The number of nitrogens with one attached hydrogen (secondary N) is 1. The average Bonchev–Trinajstić information content (AvgIpc) is 2.90. The fourth-order valence-corrected chi connectivity index (χ4v) is 5.35. The van der Waals surface area contributed by atoms with Gasteiger partial charge in [-0.25, -0.2) is 8.42 Å². The van der Waals surface area contributed by atoms with Gasteiger partial charge in [-0.1, -0.05) is 37.6 Å². The van der Waals surface area contributed by atoms with E-state index in [1.165, 1.54) is 17.5 Å². The van der Waals surface area contributed by atoms with E-state index in [1.54, 1.807) is 24.1 Å². The van der Waals surface area contributed by atoms with Crippen LogP contribution >= 0.6 is 11.6 Å². The van der Waals surface area contributed by atoms with Crippen molar-refractivity contribution in [3.63, 3.8) is 0 Å². The number of benzene rings is 2. The van der Waals surface area contributed by atoms with Crippen LogP contribution in [0.4, 0.5) is 5.69 Å². The van der Waals surface area contributed by atoms with Gasteiger partial charge in [0.05, 0.1) is 31.2 Å². The number of ether oxygens (including phenoxy) is 2. The number of halogens is 1. The molecule has 2 atom stereocenters. The van der Waals surface area contributed by atoms with E-state index < -0.39 is 16.1 Å². The maximum atomic E-state index is 13.6. The number of amides is 2. The summed E-state index contributed by atoms with van der Waals surface area (Å²) in [5.74, 6) is 0.622. The van der Waals surface area contributed by atoms with Crippen LogP contribution < -0.4 is 19.1 Å². The molecule has 0 spiro atoms. The Labute approximate surface area is 237 Å². The van der Waals surface area contributed by atoms with Crippen molar-refractivity contribution in [3.8, 4) is 11.5 Å². The summed E-state index contributed by atoms with van der Waals surface area (Å²) in [6.07, 6.45) is 2.59. The standard InChI is InChI=1S/C28H40ClN3O6S/c1-7-20(3)30-28(34)25(8-2)31(19-21-11-9-12-23(17-21)37-4)27(33)13-10-16-32(39(6,35)36)22-14-15-26(38-5)24(29)18-22/h9,11-12,14-15,17-18,20,25H,7-8,10,13,16,19H2,1-6H3,(H,30,34)/t20-,25-/m0/s1. The topological polar surface area (TPSA) is 105 Å². The summed E-state index contributed by atoms with van der Waals surface area (Å²) < 4.78 is 36.8. The molecule has 39 heavy (non-hydrogen) atoms. The third-order valence-corrected chi connectivity index (χ3v) is 7.94. The molecule has 0 heterocycles. The molecule has 9 nitrogen and oxygen atoms in total. The summed E-state index contributed by atoms with van der Waals surface area (Å²) in [5.41, 5.74) is 1.20. The number of hydrogen-bond acceptors (Lipinski definition) is 6. The maximum absolute atomic E-state index is 13.6. The molecule has 11 heteroatoms. The van der Waals surface area contributed by atoms with E-state index >= 15 is 0 Å². The molecule has 0 saturated carbocycles. The molecule has 0 bridgehead atoms. The summed E-state index contributed by atoms with van der Waals surface area (Å²) in [6.45, 7) is 6.05. The van der Waals surface area contributed by atoms with Crippen molar-refractivity contribution in [2.75, 3.05) is 31.3 Å². The normalized spacial score (nSPS) is 12.8. The van der Waals surface area contributed by atoms with E-state index in [0.717, 1.165) is 18.2 Å². The molecule has 2 aromatic rings. The molecule has 0 saturated heterocycles. The number of rotatable bonds is 15. The number of sulfonamides is 1. The van der Waals surface area contributed by atoms with Crippen molar-refractivity contribution in [1.29, 1.82) is 0 Å². The SMILES string of the molecule is CC[C@H](C)NC(=O)[C@H](CC)N(Cc1cccc(OC)c1)C(=O)CCCN(c1ccc(OC)c(Cl)c1)S(C)(=O)=O. The van der Waals surface area contributed by atoms with Gasteiger partial charge < -0.3 is 19.7 Å². The number of carbonyl (C=O) groups is 2. The van der Waals surface area contributed by atoms with Crippen molar-refractivity contribution in [1.82, 2.24) is 10.2 Å². The van der Waals surface area contributed by atoms with Gasteiger partial charge in [0.25, 0.3) is 0 Å². The van der Waals surface area contributed by atoms with E-state index in [4.69, 9.17) is 21.1 Å². The minimum atomic E-state index is -3.65. The molecule has 0 aliphatic carbocycles. The molecule has 216 valence electrons. The fourth-order valence-electron chi connectivity index (χ4n) is 4.14. The lowest BCUT2D eigenvalue weighted by atomic mass is 10.1. The molecule has 2 rings (SSSR count). The lowest BCUT2D eigenvalue weighted by Gasteiger charge is -2.32. The summed E-state index contributed by atoms with van der Waals surface area (Å²) >= 11 is 6.22. The first-order valence-electron chi connectivity index (χ1n) is 13.0. The lowest BCUT2D eigenvalue weighted by molar-refractivity contribution is -0.141. The van der Waals surface area contributed by atoms with Crippen LogP contribution in [0.25, 0.3) is 0 Å². The monoisotopic (exact) mass is 581 g/mol. The molecule has 1 N–H and O–H groups in total. The highest BCUT2D eigenvalue weighted by Gasteiger charge is 2.29. The van der Waals surface area contributed by atoms with Gasteiger partial charge in [0.15, 0.2) is 0 Å². The average molecular weight is 582 g/mol. The van der Waals surface area contributed by atoms with E-state index in [1.807, 2.05) is 45.0 Å². The number of hydrogen-bond donors (Lipinski definition) is 1. The molecule has 0 aliphatic heterocycles. The molecule has 0 aromatic heterocycles. The molecule has 0 unspecified atom stereocenters.